The molecule has 3 amide bonds. The molecular formula is C12H20N2O5. The molecule has 0 saturated carbocycles. The average molecular weight is 272 g/mol. The number of hydrogen-bond acceptors (Lipinski definition) is 4. The number of carboxylic acids is 1. The lowest BCUT2D eigenvalue weighted by atomic mass is 10.4. The first kappa shape index (κ1) is 17.1. The molecular weight excluding hydrogens is 252 g/mol. The predicted octanol–water partition coefficient (Wildman–Crippen LogP) is 0.660. The Labute approximate surface area is 112 Å². The number of aliphatic carboxylic acids is 1. The summed E-state index contributed by atoms with van der Waals surface area (Å²) < 4.78 is 5.29. The highest BCUT2D eigenvalue weighted by atomic mass is 16.5. The van der Waals surface area contributed by atoms with Gasteiger partial charge >= 0.3 is 12.0 Å². The number of ether oxygens (including phenoxy) is 1. The molecule has 0 fully saturated rings. The van der Waals surface area contributed by atoms with E-state index in [1.807, 2.05) is 5.32 Å². The van der Waals surface area contributed by atoms with Crippen LogP contribution in [0.25, 0.3) is 0 Å². The minimum atomic E-state index is -1.25. The molecule has 19 heavy (non-hydrogen) atoms. The number of unbranched alkanes of at least 4 members (excludes halogenated alkanes) is 1. The van der Waals surface area contributed by atoms with E-state index >= 15 is 0 Å². The van der Waals surface area contributed by atoms with E-state index in [-0.39, 0.29) is 0 Å². The molecule has 0 aliphatic carbocycles. The van der Waals surface area contributed by atoms with Gasteiger partial charge in [-0.3, -0.25) is 10.1 Å². The molecule has 0 saturated heterocycles. The van der Waals surface area contributed by atoms with Gasteiger partial charge in [-0.05, 0) is 12.8 Å². The van der Waals surface area contributed by atoms with Crippen LogP contribution in [0.4, 0.5) is 4.79 Å². The second-order valence-corrected chi connectivity index (χ2v) is 3.74. The highest BCUT2D eigenvalue weighted by Gasteiger charge is 2.03. The van der Waals surface area contributed by atoms with Gasteiger partial charge in [0.25, 0.3) is 5.91 Å². The lowest BCUT2D eigenvalue weighted by molar-refractivity contribution is -0.131. The fraction of sp³-hybridized carbons (Fsp3) is 0.583. The van der Waals surface area contributed by atoms with Crippen LogP contribution in [0.2, 0.25) is 0 Å². The molecule has 7 heteroatoms. The molecule has 0 aromatic carbocycles. The summed E-state index contributed by atoms with van der Waals surface area (Å²) >= 11 is 0. The smallest absolute Gasteiger partial charge is 0.328 e. The van der Waals surface area contributed by atoms with Crippen molar-refractivity contribution >= 4 is 17.9 Å². The number of hydrogen-bond donors (Lipinski definition) is 3. The maximum absolute atomic E-state index is 11.2. The number of rotatable bonds is 9. The van der Waals surface area contributed by atoms with Crippen LogP contribution < -0.4 is 10.6 Å². The molecule has 7 nitrogen and oxygen atoms in total. The molecule has 0 aliphatic rings. The van der Waals surface area contributed by atoms with Crippen molar-refractivity contribution in [1.29, 1.82) is 0 Å². The standard InChI is InChI=1S/C12H20N2O5/c1-2-3-8-19-9-4-7-13-12(18)14-10(15)5-6-11(16)17/h5-6H,2-4,7-9H2,1H3,(H,16,17)(H2,13,14,15,18)/b6-5+. The Kier molecular flexibility index (Phi) is 10.1. The van der Waals surface area contributed by atoms with Gasteiger partial charge in [-0.2, -0.15) is 0 Å². The normalized spacial score (nSPS) is 10.4. The van der Waals surface area contributed by atoms with Crippen molar-refractivity contribution in [3.8, 4) is 0 Å². The van der Waals surface area contributed by atoms with E-state index in [1.54, 1.807) is 0 Å². The van der Waals surface area contributed by atoms with Crippen LogP contribution in [0.5, 0.6) is 0 Å². The molecule has 0 atom stereocenters. The number of carboxylic acid groups (broad SMARTS) is 1. The number of carbonyl (C=O) groups is 3. The van der Waals surface area contributed by atoms with Crippen LogP contribution in [-0.4, -0.2) is 42.8 Å². The van der Waals surface area contributed by atoms with Gasteiger partial charge < -0.3 is 15.2 Å². The fourth-order valence-electron chi connectivity index (χ4n) is 1.07. The van der Waals surface area contributed by atoms with Crippen LogP contribution in [-0.2, 0) is 14.3 Å². The Hall–Kier alpha value is -1.89. The van der Waals surface area contributed by atoms with E-state index < -0.39 is 17.9 Å². The first-order valence-electron chi connectivity index (χ1n) is 6.13. The van der Waals surface area contributed by atoms with Crippen molar-refractivity contribution in [1.82, 2.24) is 10.6 Å². The van der Waals surface area contributed by atoms with Gasteiger partial charge in [-0.15, -0.1) is 0 Å². The molecule has 0 unspecified atom stereocenters. The second-order valence-electron chi connectivity index (χ2n) is 3.74. The fourth-order valence-corrected chi connectivity index (χ4v) is 1.07. The molecule has 3 N–H and O–H groups in total. The van der Waals surface area contributed by atoms with Crippen LogP contribution in [0.1, 0.15) is 26.2 Å². The highest BCUT2D eigenvalue weighted by molar-refractivity contribution is 6.02. The highest BCUT2D eigenvalue weighted by Crippen LogP contribution is 1.89. The molecule has 0 aromatic heterocycles. The van der Waals surface area contributed by atoms with Gasteiger partial charge in [0, 0.05) is 31.9 Å². The van der Waals surface area contributed by atoms with Crippen LogP contribution >= 0.6 is 0 Å². The molecule has 0 rings (SSSR count). The maximum Gasteiger partial charge on any atom is 0.328 e. The molecule has 0 radical (unpaired) electrons. The number of amides is 3. The SMILES string of the molecule is CCCCOCCCNC(=O)NC(=O)/C=C/C(=O)O. The monoisotopic (exact) mass is 272 g/mol. The Balaban J connectivity index is 3.54. The van der Waals surface area contributed by atoms with E-state index in [0.717, 1.165) is 18.9 Å². The Morgan fingerprint density at radius 1 is 1.16 bits per heavy atom. The minimum Gasteiger partial charge on any atom is -0.478 e. The van der Waals surface area contributed by atoms with E-state index in [2.05, 4.69) is 12.2 Å². The van der Waals surface area contributed by atoms with Gasteiger partial charge in [0.1, 0.15) is 0 Å². The number of nitrogens with one attached hydrogen (secondary N) is 2. The van der Waals surface area contributed by atoms with E-state index in [1.165, 1.54) is 0 Å². The summed E-state index contributed by atoms with van der Waals surface area (Å²) in [7, 11) is 0. The topological polar surface area (TPSA) is 105 Å². The predicted molar refractivity (Wildman–Crippen MR) is 68.7 cm³/mol. The Bertz CT molecular complexity index is 328. The third-order valence-corrected chi connectivity index (χ3v) is 2.01. The maximum atomic E-state index is 11.2. The first-order chi connectivity index (χ1) is 9.06. The van der Waals surface area contributed by atoms with Crippen molar-refractivity contribution in [2.75, 3.05) is 19.8 Å². The van der Waals surface area contributed by atoms with Crippen LogP contribution in [0.3, 0.4) is 0 Å². The summed E-state index contributed by atoms with van der Waals surface area (Å²) in [6.45, 7) is 3.72. The lowest BCUT2D eigenvalue weighted by Gasteiger charge is -2.05. The van der Waals surface area contributed by atoms with Gasteiger partial charge in [0.15, 0.2) is 0 Å². The third kappa shape index (κ3) is 12.4. The molecule has 0 spiro atoms. The zero-order valence-corrected chi connectivity index (χ0v) is 11.0. The molecule has 0 aliphatic heterocycles. The summed E-state index contributed by atoms with van der Waals surface area (Å²) in [5.74, 6) is -2.03. The van der Waals surface area contributed by atoms with Crippen LogP contribution in [0.15, 0.2) is 12.2 Å². The Morgan fingerprint density at radius 3 is 2.47 bits per heavy atom. The van der Waals surface area contributed by atoms with Crippen molar-refractivity contribution in [2.24, 2.45) is 0 Å². The average Bonchev–Trinajstić information content (AvgIpc) is 2.35. The zero-order chi connectivity index (χ0) is 14.5. The molecule has 0 bridgehead atoms. The zero-order valence-electron chi connectivity index (χ0n) is 11.0. The van der Waals surface area contributed by atoms with E-state index in [9.17, 15) is 14.4 Å². The summed E-state index contributed by atoms with van der Waals surface area (Å²) in [6.07, 6.45) is 4.17. The van der Waals surface area contributed by atoms with Crippen molar-refractivity contribution < 1.29 is 24.2 Å². The minimum absolute atomic E-state index is 0.383. The van der Waals surface area contributed by atoms with Gasteiger partial charge in [-0.1, -0.05) is 13.3 Å². The quantitative estimate of drug-likeness (QED) is 0.422. The largest absolute Gasteiger partial charge is 0.478 e. The van der Waals surface area contributed by atoms with Gasteiger partial charge in [-0.25, -0.2) is 9.59 Å². The number of imide groups is 1. The second kappa shape index (κ2) is 11.2. The lowest BCUT2D eigenvalue weighted by Crippen LogP contribution is -2.39. The third-order valence-electron chi connectivity index (χ3n) is 2.01. The first-order valence-corrected chi connectivity index (χ1v) is 6.13. The van der Waals surface area contributed by atoms with Crippen molar-refractivity contribution in [3.05, 3.63) is 12.2 Å². The summed E-state index contributed by atoms with van der Waals surface area (Å²) in [5, 5.41) is 12.7. The van der Waals surface area contributed by atoms with Crippen molar-refractivity contribution in [3.63, 3.8) is 0 Å². The van der Waals surface area contributed by atoms with Crippen LogP contribution in [0, 0.1) is 0 Å². The van der Waals surface area contributed by atoms with E-state index in [4.69, 9.17) is 9.84 Å². The van der Waals surface area contributed by atoms with Crippen molar-refractivity contribution in [2.45, 2.75) is 26.2 Å². The van der Waals surface area contributed by atoms with Gasteiger partial charge in [0.2, 0.25) is 0 Å². The number of urea groups is 1. The summed E-state index contributed by atoms with van der Waals surface area (Å²) in [6, 6.07) is -0.659. The van der Waals surface area contributed by atoms with E-state index in [0.29, 0.717) is 32.3 Å². The Morgan fingerprint density at radius 2 is 1.84 bits per heavy atom. The summed E-state index contributed by atoms with van der Waals surface area (Å²) in [4.78, 5) is 32.3. The van der Waals surface area contributed by atoms with Gasteiger partial charge in [0.05, 0.1) is 0 Å². The summed E-state index contributed by atoms with van der Waals surface area (Å²) in [5.41, 5.74) is 0. The number of carbonyl (C=O) groups excluding carboxylic acids is 2. The molecule has 108 valence electrons. The molecule has 0 heterocycles. The molecule has 0 aromatic rings.